The van der Waals surface area contributed by atoms with E-state index in [0.29, 0.717) is 5.56 Å². The van der Waals surface area contributed by atoms with E-state index in [1.54, 1.807) is 0 Å². The summed E-state index contributed by atoms with van der Waals surface area (Å²) in [5.41, 5.74) is 7.08. The van der Waals surface area contributed by atoms with Gasteiger partial charge in [0.25, 0.3) is 0 Å². The predicted molar refractivity (Wildman–Crippen MR) is 192 cm³/mol. The molecule has 8 aromatic rings. The van der Waals surface area contributed by atoms with Crippen LogP contribution in [-0.2, 0) is 0 Å². The summed E-state index contributed by atoms with van der Waals surface area (Å²) in [5.74, 6) is 0. The Morgan fingerprint density at radius 3 is 1.64 bits per heavy atom. The van der Waals surface area contributed by atoms with Crippen molar-refractivity contribution >= 4 is 38.6 Å². The molecule has 212 valence electrons. The van der Waals surface area contributed by atoms with E-state index in [-0.39, 0.29) is 35.4 Å². The summed E-state index contributed by atoms with van der Waals surface area (Å²) in [6.45, 7) is 0. The van der Waals surface area contributed by atoms with Crippen LogP contribution in [-0.4, -0.2) is 0 Å². The maximum Gasteiger partial charge on any atom is 0.0645 e. The lowest BCUT2D eigenvalue weighted by Gasteiger charge is -2.27. The zero-order valence-corrected chi connectivity index (χ0v) is 24.5. The molecular formula is C44H31N. The Labute approximate surface area is 269 Å². The van der Waals surface area contributed by atoms with Crippen LogP contribution < -0.4 is 4.90 Å². The third-order valence-corrected chi connectivity index (χ3v) is 8.33. The molecule has 0 heterocycles. The Bertz CT molecular complexity index is 2440. The van der Waals surface area contributed by atoms with Crippen molar-refractivity contribution in [3.63, 3.8) is 0 Å². The lowest BCUT2D eigenvalue weighted by atomic mass is 9.90. The number of rotatable bonds is 6. The zero-order chi connectivity index (χ0) is 33.5. The zero-order valence-electron chi connectivity index (χ0n) is 28.5. The molecule has 0 spiro atoms. The summed E-state index contributed by atoms with van der Waals surface area (Å²) in [5, 5.41) is 4.31. The Morgan fingerprint density at radius 2 is 0.933 bits per heavy atom. The third kappa shape index (κ3) is 5.05. The first-order chi connectivity index (χ1) is 24.0. The first-order valence-corrected chi connectivity index (χ1v) is 15.1. The number of fused-ring (bicyclic) bond motifs is 2. The van der Waals surface area contributed by atoms with Gasteiger partial charge in [-0.25, -0.2) is 0 Å². The van der Waals surface area contributed by atoms with Gasteiger partial charge in [0.2, 0.25) is 0 Å². The minimum absolute atomic E-state index is 0.0762. The summed E-state index contributed by atoms with van der Waals surface area (Å²) in [4.78, 5) is 1.88. The molecule has 0 aliphatic carbocycles. The fraction of sp³-hybridized carbons (Fsp3) is 0. The lowest BCUT2D eigenvalue weighted by Crippen LogP contribution is -2.10. The van der Waals surface area contributed by atoms with E-state index in [9.17, 15) is 2.74 Å². The average Bonchev–Trinajstić information content (AvgIpc) is 3.16. The molecule has 0 unspecified atom stereocenters. The smallest absolute Gasteiger partial charge is 0.0645 e. The Hall–Kier alpha value is -5.92. The molecule has 8 aromatic carbocycles. The van der Waals surface area contributed by atoms with E-state index in [2.05, 4.69) is 72.8 Å². The van der Waals surface area contributed by atoms with Gasteiger partial charge in [-0.1, -0.05) is 158 Å². The van der Waals surface area contributed by atoms with Crippen LogP contribution in [0, 0.1) is 0 Å². The fourth-order valence-corrected chi connectivity index (χ4v) is 6.18. The van der Waals surface area contributed by atoms with Gasteiger partial charge in [-0.05, 0) is 79.8 Å². The molecule has 0 aliphatic heterocycles. The Morgan fingerprint density at radius 1 is 0.356 bits per heavy atom. The molecule has 0 saturated heterocycles. The Balaban J connectivity index is 1.34. The molecule has 0 fully saturated rings. The van der Waals surface area contributed by atoms with Gasteiger partial charge >= 0.3 is 0 Å². The van der Waals surface area contributed by atoms with Crippen LogP contribution in [0.2, 0.25) is 0 Å². The highest BCUT2D eigenvalue weighted by atomic mass is 15.1. The van der Waals surface area contributed by atoms with Gasteiger partial charge in [-0.3, -0.25) is 0 Å². The average molecular weight is 578 g/mol. The molecule has 0 radical (unpaired) electrons. The number of anilines is 3. The molecule has 1 nitrogen and oxygen atoms in total. The lowest BCUT2D eigenvalue weighted by molar-refractivity contribution is 1.30. The molecule has 0 aliphatic rings. The molecule has 1 heteroatoms. The summed E-state index contributed by atoms with van der Waals surface area (Å²) in [6.07, 6.45) is 0. The van der Waals surface area contributed by atoms with Gasteiger partial charge in [0.15, 0.2) is 0 Å². The first-order valence-electron chi connectivity index (χ1n) is 17.1. The summed E-state index contributed by atoms with van der Waals surface area (Å²) >= 11 is 0. The number of hydrogen-bond donors (Lipinski definition) is 0. The minimum Gasteiger partial charge on any atom is -0.310 e. The van der Waals surface area contributed by atoms with Crippen LogP contribution in [0.15, 0.2) is 188 Å². The third-order valence-electron chi connectivity index (χ3n) is 8.33. The van der Waals surface area contributed by atoms with E-state index in [0.717, 1.165) is 44.4 Å². The topological polar surface area (TPSA) is 3.24 Å². The molecule has 0 saturated carbocycles. The molecule has 8 rings (SSSR count). The van der Waals surface area contributed by atoms with Crippen molar-refractivity contribution in [2.45, 2.75) is 0 Å². The summed E-state index contributed by atoms with van der Waals surface area (Å²) < 4.78 is 36.8. The minimum atomic E-state index is -0.0993. The van der Waals surface area contributed by atoms with Crippen molar-refractivity contribution in [3.05, 3.63) is 188 Å². The summed E-state index contributed by atoms with van der Waals surface area (Å²) in [7, 11) is 0. The number of benzene rings is 8. The molecule has 0 atom stereocenters. The van der Waals surface area contributed by atoms with Gasteiger partial charge in [-0.2, -0.15) is 0 Å². The van der Waals surface area contributed by atoms with Crippen LogP contribution >= 0.6 is 0 Å². The second kappa shape index (κ2) is 11.6. The molecular weight excluding hydrogens is 542 g/mol. The van der Waals surface area contributed by atoms with Crippen molar-refractivity contribution < 1.29 is 5.48 Å². The van der Waals surface area contributed by atoms with Crippen LogP contribution in [0.1, 0.15) is 5.48 Å². The fourth-order valence-electron chi connectivity index (χ4n) is 6.18. The van der Waals surface area contributed by atoms with E-state index < -0.39 is 0 Å². The maximum atomic E-state index is 9.30. The van der Waals surface area contributed by atoms with E-state index in [1.165, 1.54) is 10.8 Å². The molecule has 0 N–H and O–H groups in total. The van der Waals surface area contributed by atoms with Crippen LogP contribution in [0.5, 0.6) is 0 Å². The molecule has 0 aromatic heterocycles. The number of nitrogens with zero attached hydrogens (tertiary/aromatic N) is 1. The van der Waals surface area contributed by atoms with E-state index in [4.69, 9.17) is 2.74 Å². The van der Waals surface area contributed by atoms with Gasteiger partial charge in [0, 0.05) is 16.8 Å². The number of hydrogen-bond acceptors (Lipinski definition) is 1. The van der Waals surface area contributed by atoms with Crippen molar-refractivity contribution in [2.75, 3.05) is 4.90 Å². The molecule has 0 bridgehead atoms. The summed E-state index contributed by atoms with van der Waals surface area (Å²) in [6, 6.07) is 54.3. The van der Waals surface area contributed by atoms with Gasteiger partial charge in [0.1, 0.15) is 0 Å². The highest BCUT2D eigenvalue weighted by Gasteiger charge is 2.17. The van der Waals surface area contributed by atoms with Gasteiger partial charge < -0.3 is 4.90 Å². The molecule has 0 amide bonds. The van der Waals surface area contributed by atoms with Gasteiger partial charge in [0.05, 0.1) is 11.2 Å². The monoisotopic (exact) mass is 577 g/mol. The van der Waals surface area contributed by atoms with Crippen molar-refractivity contribution in [2.24, 2.45) is 0 Å². The van der Waals surface area contributed by atoms with Crippen molar-refractivity contribution in [3.8, 4) is 33.4 Å². The second-order valence-electron chi connectivity index (χ2n) is 11.0. The SMILES string of the molecule is [2H]c1c([2H])c(N(c2ccc(-c3ccc4ccccc4c3-c3ccccc3)cc2)c2cccc3ccccc23)c([2H])c([2H])c1-c1ccccc1. The largest absolute Gasteiger partial charge is 0.310 e. The van der Waals surface area contributed by atoms with Crippen LogP contribution in [0.25, 0.3) is 54.9 Å². The Kier molecular flexibility index (Phi) is 5.84. The molecule has 45 heavy (non-hydrogen) atoms. The van der Waals surface area contributed by atoms with E-state index >= 15 is 0 Å². The highest BCUT2D eigenvalue weighted by molar-refractivity contribution is 6.04. The van der Waals surface area contributed by atoms with E-state index in [1.807, 2.05) is 95.9 Å². The normalized spacial score (nSPS) is 12.4. The quantitative estimate of drug-likeness (QED) is 0.190. The predicted octanol–water partition coefficient (Wildman–Crippen LogP) is 12.5. The maximum absolute atomic E-state index is 9.30. The standard InChI is InChI=1S/C44H31N/c1-3-12-32(13-4-1)33-22-27-38(28-23-33)45(43-21-11-18-34-14-7-9-19-40(34)43)39-29-24-36(25-30-39)42-31-26-35-15-8-10-20-41(35)44(42)37-16-5-2-6-17-37/h1-31H/i22D,23D,27D,28D. The van der Waals surface area contributed by atoms with Crippen molar-refractivity contribution in [1.82, 2.24) is 0 Å². The first kappa shape index (κ1) is 22.6. The van der Waals surface area contributed by atoms with Gasteiger partial charge in [-0.15, -0.1) is 0 Å². The highest BCUT2D eigenvalue weighted by Crippen LogP contribution is 2.42. The van der Waals surface area contributed by atoms with Crippen LogP contribution in [0.3, 0.4) is 0 Å². The van der Waals surface area contributed by atoms with Crippen LogP contribution in [0.4, 0.5) is 17.1 Å². The van der Waals surface area contributed by atoms with Crippen molar-refractivity contribution in [1.29, 1.82) is 0 Å². The second-order valence-corrected chi connectivity index (χ2v) is 11.0.